The Hall–Kier alpha value is -1.71. The lowest BCUT2D eigenvalue weighted by Gasteiger charge is -2.19. The second kappa shape index (κ2) is 4.00. The van der Waals surface area contributed by atoms with E-state index < -0.39 is 5.97 Å². The fourth-order valence-corrected chi connectivity index (χ4v) is 1.34. The van der Waals surface area contributed by atoms with Crippen LogP contribution in [0.5, 0.6) is 0 Å². The average molecular weight is 194 g/mol. The summed E-state index contributed by atoms with van der Waals surface area (Å²) in [5, 5.41) is 8.63. The third kappa shape index (κ3) is 2.16. The van der Waals surface area contributed by atoms with E-state index in [1.165, 1.54) is 0 Å². The van der Waals surface area contributed by atoms with Gasteiger partial charge in [-0.05, 0) is 24.6 Å². The highest BCUT2D eigenvalue weighted by Crippen LogP contribution is 2.23. The number of carboxylic acid groups (broad SMARTS) is 1. The molecule has 0 spiro atoms. The van der Waals surface area contributed by atoms with Gasteiger partial charge in [-0.15, -0.1) is 0 Å². The fraction of sp³-hybridized carbons (Fsp3) is 0.300. The summed E-state index contributed by atoms with van der Waals surface area (Å²) < 4.78 is 0. The van der Waals surface area contributed by atoms with E-state index in [9.17, 15) is 4.79 Å². The van der Waals surface area contributed by atoms with Crippen LogP contribution >= 0.6 is 0 Å². The lowest BCUT2D eigenvalue weighted by atomic mass is 10.1. The van der Waals surface area contributed by atoms with Crippen molar-refractivity contribution in [1.29, 1.82) is 0 Å². The molecule has 0 fully saturated rings. The van der Waals surface area contributed by atoms with E-state index in [0.29, 0.717) is 5.69 Å². The Morgan fingerprint density at radius 1 is 1.57 bits per heavy atom. The molecule has 1 aromatic carbocycles. The van der Waals surface area contributed by atoms with Crippen LogP contribution in [-0.2, 0) is 4.79 Å². The summed E-state index contributed by atoms with van der Waals surface area (Å²) >= 11 is 0. The third-order valence-electron chi connectivity index (χ3n) is 2.13. The number of rotatable bonds is 3. The van der Waals surface area contributed by atoms with Crippen LogP contribution in [0.3, 0.4) is 0 Å². The molecule has 0 amide bonds. The van der Waals surface area contributed by atoms with Gasteiger partial charge in [0.15, 0.2) is 0 Å². The zero-order valence-electron chi connectivity index (χ0n) is 8.32. The molecule has 14 heavy (non-hydrogen) atoms. The summed E-state index contributed by atoms with van der Waals surface area (Å²) in [7, 11) is 1.73. The molecule has 0 aliphatic rings. The Labute approximate surface area is 82.9 Å². The number of nitrogens with zero attached hydrogens (tertiary/aromatic N) is 1. The minimum atomic E-state index is -0.852. The summed E-state index contributed by atoms with van der Waals surface area (Å²) in [6.45, 7) is 1.85. The van der Waals surface area contributed by atoms with Crippen LogP contribution in [0, 0.1) is 6.92 Å². The van der Waals surface area contributed by atoms with Crippen molar-refractivity contribution in [2.45, 2.75) is 6.92 Å². The first kappa shape index (κ1) is 10.4. The number of carboxylic acids is 1. The van der Waals surface area contributed by atoms with Crippen molar-refractivity contribution in [3.63, 3.8) is 0 Å². The van der Waals surface area contributed by atoms with Crippen LogP contribution in [0.1, 0.15) is 5.56 Å². The van der Waals surface area contributed by atoms with E-state index in [1.807, 2.05) is 19.1 Å². The Bertz CT molecular complexity index is 350. The van der Waals surface area contributed by atoms with Crippen LogP contribution in [0.2, 0.25) is 0 Å². The average Bonchev–Trinajstić information content (AvgIpc) is 2.08. The Morgan fingerprint density at radius 3 is 2.79 bits per heavy atom. The zero-order chi connectivity index (χ0) is 10.7. The molecule has 0 heterocycles. The van der Waals surface area contributed by atoms with E-state index in [0.717, 1.165) is 11.3 Å². The van der Waals surface area contributed by atoms with Crippen molar-refractivity contribution < 1.29 is 9.90 Å². The number of anilines is 2. The molecule has 0 aliphatic carbocycles. The highest BCUT2D eigenvalue weighted by molar-refractivity contribution is 5.75. The molecule has 4 heteroatoms. The number of aliphatic carboxylic acids is 1. The summed E-state index contributed by atoms with van der Waals surface area (Å²) in [4.78, 5) is 12.2. The van der Waals surface area contributed by atoms with Gasteiger partial charge in [0.1, 0.15) is 6.54 Å². The van der Waals surface area contributed by atoms with Crippen LogP contribution in [0.25, 0.3) is 0 Å². The van der Waals surface area contributed by atoms with Crippen molar-refractivity contribution in [2.75, 3.05) is 24.2 Å². The zero-order valence-corrected chi connectivity index (χ0v) is 8.32. The topological polar surface area (TPSA) is 66.6 Å². The second-order valence-corrected chi connectivity index (χ2v) is 3.24. The number of likely N-dealkylation sites (N-methyl/N-ethyl adjacent to an activating group) is 1. The maximum Gasteiger partial charge on any atom is 0.323 e. The van der Waals surface area contributed by atoms with Gasteiger partial charge in [0.2, 0.25) is 0 Å². The predicted molar refractivity (Wildman–Crippen MR) is 56.5 cm³/mol. The van der Waals surface area contributed by atoms with Crippen LogP contribution in [0.4, 0.5) is 11.4 Å². The molecule has 4 nitrogen and oxygen atoms in total. The van der Waals surface area contributed by atoms with Gasteiger partial charge in [-0.3, -0.25) is 4.79 Å². The molecule has 0 saturated heterocycles. The molecule has 0 atom stereocenters. The van der Waals surface area contributed by atoms with Crippen molar-refractivity contribution in [3.8, 4) is 0 Å². The first-order valence-electron chi connectivity index (χ1n) is 4.30. The second-order valence-electron chi connectivity index (χ2n) is 3.24. The summed E-state index contributed by atoms with van der Waals surface area (Å²) in [6.07, 6.45) is 0. The van der Waals surface area contributed by atoms with Gasteiger partial charge >= 0.3 is 5.97 Å². The van der Waals surface area contributed by atoms with Gasteiger partial charge in [-0.25, -0.2) is 0 Å². The van der Waals surface area contributed by atoms with Crippen molar-refractivity contribution in [1.82, 2.24) is 0 Å². The molecule has 1 rings (SSSR count). The number of benzene rings is 1. The lowest BCUT2D eigenvalue weighted by Crippen LogP contribution is -2.25. The Balaban J connectivity index is 2.95. The Morgan fingerprint density at radius 2 is 2.21 bits per heavy atom. The van der Waals surface area contributed by atoms with Crippen molar-refractivity contribution >= 4 is 17.3 Å². The number of nitrogens with two attached hydrogens (primary N) is 1. The number of hydrogen-bond donors (Lipinski definition) is 2. The van der Waals surface area contributed by atoms with Gasteiger partial charge in [-0.1, -0.05) is 6.07 Å². The molecule has 0 aromatic heterocycles. The molecule has 0 radical (unpaired) electrons. The van der Waals surface area contributed by atoms with Crippen LogP contribution in [-0.4, -0.2) is 24.7 Å². The highest BCUT2D eigenvalue weighted by Gasteiger charge is 2.08. The molecule has 3 N–H and O–H groups in total. The lowest BCUT2D eigenvalue weighted by molar-refractivity contribution is -0.135. The molecule has 0 unspecified atom stereocenters. The minimum absolute atomic E-state index is 0.0235. The van der Waals surface area contributed by atoms with Crippen molar-refractivity contribution in [3.05, 3.63) is 23.8 Å². The van der Waals surface area contributed by atoms with Gasteiger partial charge in [0.05, 0.1) is 0 Å². The number of nitrogen functional groups attached to an aromatic ring is 1. The van der Waals surface area contributed by atoms with Crippen LogP contribution < -0.4 is 10.6 Å². The Kier molecular flexibility index (Phi) is 2.96. The van der Waals surface area contributed by atoms with Gasteiger partial charge in [0, 0.05) is 18.4 Å². The molecule has 0 saturated carbocycles. The smallest absolute Gasteiger partial charge is 0.323 e. The van der Waals surface area contributed by atoms with E-state index >= 15 is 0 Å². The standard InChI is InChI=1S/C10H14N2O2/c1-7-8(11)4-3-5-9(7)12(2)6-10(13)14/h3-5H,6,11H2,1-2H3,(H,13,14). The molecule has 1 aromatic rings. The largest absolute Gasteiger partial charge is 0.480 e. The predicted octanol–water partition coefficient (Wildman–Crippen LogP) is 1.10. The third-order valence-corrected chi connectivity index (χ3v) is 2.13. The van der Waals surface area contributed by atoms with E-state index in [-0.39, 0.29) is 6.54 Å². The van der Waals surface area contributed by atoms with E-state index in [1.54, 1.807) is 18.0 Å². The maximum atomic E-state index is 10.5. The molecular weight excluding hydrogens is 180 g/mol. The fourth-order valence-electron chi connectivity index (χ4n) is 1.34. The van der Waals surface area contributed by atoms with E-state index in [4.69, 9.17) is 10.8 Å². The van der Waals surface area contributed by atoms with Crippen molar-refractivity contribution in [2.24, 2.45) is 0 Å². The highest BCUT2D eigenvalue weighted by atomic mass is 16.4. The molecular formula is C10H14N2O2. The first-order valence-corrected chi connectivity index (χ1v) is 4.30. The number of carbonyl (C=O) groups is 1. The first-order chi connectivity index (χ1) is 6.52. The monoisotopic (exact) mass is 194 g/mol. The molecule has 76 valence electrons. The maximum absolute atomic E-state index is 10.5. The minimum Gasteiger partial charge on any atom is -0.480 e. The molecule has 0 aliphatic heterocycles. The summed E-state index contributed by atoms with van der Waals surface area (Å²) in [6, 6.07) is 5.47. The quantitative estimate of drug-likeness (QED) is 0.707. The summed E-state index contributed by atoms with van der Waals surface area (Å²) in [5.41, 5.74) is 8.16. The van der Waals surface area contributed by atoms with Gasteiger partial charge in [0.25, 0.3) is 0 Å². The number of hydrogen-bond acceptors (Lipinski definition) is 3. The SMILES string of the molecule is Cc1c(N)cccc1N(C)CC(=O)O. The normalized spacial score (nSPS) is 9.86. The summed E-state index contributed by atoms with van der Waals surface area (Å²) in [5.74, 6) is -0.852. The van der Waals surface area contributed by atoms with Gasteiger partial charge in [-0.2, -0.15) is 0 Å². The van der Waals surface area contributed by atoms with Crippen LogP contribution in [0.15, 0.2) is 18.2 Å². The van der Waals surface area contributed by atoms with Gasteiger partial charge < -0.3 is 15.7 Å². The molecule has 0 bridgehead atoms. The van der Waals surface area contributed by atoms with E-state index in [2.05, 4.69) is 0 Å².